The van der Waals surface area contributed by atoms with Crippen LogP contribution in [-0.4, -0.2) is 22.9 Å². The van der Waals surface area contributed by atoms with Crippen molar-refractivity contribution in [2.75, 3.05) is 7.11 Å². The molecule has 0 aliphatic heterocycles. The van der Waals surface area contributed by atoms with E-state index < -0.39 is 0 Å². The number of carbonyl (C=O) groups is 1. The van der Waals surface area contributed by atoms with Crippen molar-refractivity contribution in [2.24, 2.45) is 0 Å². The minimum Gasteiger partial charge on any atom is -0.496 e. The van der Waals surface area contributed by atoms with Crippen LogP contribution in [0.25, 0.3) is 0 Å². The molecular formula is C15H16N2O2. The van der Waals surface area contributed by atoms with Crippen molar-refractivity contribution >= 4 is 5.78 Å². The van der Waals surface area contributed by atoms with Gasteiger partial charge in [0.2, 0.25) is 5.78 Å². The summed E-state index contributed by atoms with van der Waals surface area (Å²) in [6.07, 6.45) is 3.08. The van der Waals surface area contributed by atoms with Gasteiger partial charge >= 0.3 is 0 Å². The summed E-state index contributed by atoms with van der Waals surface area (Å²) in [7, 11) is 1.57. The number of rotatable bonds is 3. The lowest BCUT2D eigenvalue weighted by molar-refractivity contribution is 0.103. The molecule has 0 saturated carbocycles. The number of ketones is 1. The van der Waals surface area contributed by atoms with E-state index >= 15 is 0 Å². The second-order valence-electron chi connectivity index (χ2n) is 4.46. The van der Waals surface area contributed by atoms with Crippen LogP contribution in [0.3, 0.4) is 0 Å². The Bertz CT molecular complexity index is 619. The molecule has 0 unspecified atom stereocenters. The van der Waals surface area contributed by atoms with Gasteiger partial charge in [0.1, 0.15) is 11.4 Å². The third-order valence-corrected chi connectivity index (χ3v) is 3.14. The maximum atomic E-state index is 12.4. The highest BCUT2D eigenvalue weighted by Gasteiger charge is 2.18. The molecule has 0 spiro atoms. The van der Waals surface area contributed by atoms with Crippen LogP contribution in [0.2, 0.25) is 0 Å². The molecule has 1 heterocycles. The van der Waals surface area contributed by atoms with E-state index in [4.69, 9.17) is 4.74 Å². The molecule has 0 saturated heterocycles. The molecule has 0 fully saturated rings. The van der Waals surface area contributed by atoms with E-state index in [-0.39, 0.29) is 5.78 Å². The van der Waals surface area contributed by atoms with Gasteiger partial charge in [-0.2, -0.15) is 0 Å². The average molecular weight is 256 g/mol. The van der Waals surface area contributed by atoms with Gasteiger partial charge in [0, 0.05) is 6.20 Å². The maximum Gasteiger partial charge on any atom is 0.216 e. The van der Waals surface area contributed by atoms with Gasteiger partial charge in [0.25, 0.3) is 0 Å². The van der Waals surface area contributed by atoms with E-state index in [2.05, 4.69) is 9.97 Å². The van der Waals surface area contributed by atoms with Gasteiger partial charge in [-0.05, 0) is 38.0 Å². The molecule has 4 heteroatoms. The molecular weight excluding hydrogens is 240 g/mol. The third-order valence-electron chi connectivity index (χ3n) is 3.14. The van der Waals surface area contributed by atoms with Gasteiger partial charge in [-0.3, -0.25) is 9.78 Å². The Balaban J connectivity index is 2.50. The van der Waals surface area contributed by atoms with E-state index in [9.17, 15) is 4.79 Å². The Hall–Kier alpha value is -2.23. The number of carbonyl (C=O) groups excluding carboxylic acids is 1. The molecule has 0 N–H and O–H groups in total. The summed E-state index contributed by atoms with van der Waals surface area (Å²) in [5.74, 6) is 0.430. The highest BCUT2D eigenvalue weighted by molar-refractivity contribution is 6.09. The Kier molecular flexibility index (Phi) is 3.60. The molecule has 0 atom stereocenters. The zero-order valence-electron chi connectivity index (χ0n) is 11.5. The smallest absolute Gasteiger partial charge is 0.216 e. The second-order valence-corrected chi connectivity index (χ2v) is 4.46. The molecule has 4 nitrogen and oxygen atoms in total. The van der Waals surface area contributed by atoms with Crippen molar-refractivity contribution < 1.29 is 9.53 Å². The fourth-order valence-corrected chi connectivity index (χ4v) is 1.88. The van der Waals surface area contributed by atoms with E-state index in [0.717, 1.165) is 16.8 Å². The van der Waals surface area contributed by atoms with Crippen LogP contribution in [0.5, 0.6) is 5.75 Å². The molecule has 2 rings (SSSR count). The van der Waals surface area contributed by atoms with Gasteiger partial charge in [0.15, 0.2) is 0 Å². The highest BCUT2D eigenvalue weighted by atomic mass is 16.5. The van der Waals surface area contributed by atoms with Crippen LogP contribution in [0.15, 0.2) is 24.5 Å². The number of methoxy groups -OCH3 is 1. The molecule has 0 bridgehead atoms. The lowest BCUT2D eigenvalue weighted by Gasteiger charge is -2.12. The zero-order valence-corrected chi connectivity index (χ0v) is 11.5. The average Bonchev–Trinajstić information content (AvgIpc) is 2.41. The van der Waals surface area contributed by atoms with Crippen LogP contribution < -0.4 is 4.74 Å². The van der Waals surface area contributed by atoms with Gasteiger partial charge in [-0.25, -0.2) is 4.98 Å². The molecule has 98 valence electrons. The number of ether oxygens (including phenoxy) is 1. The van der Waals surface area contributed by atoms with Gasteiger partial charge in [0.05, 0.1) is 24.6 Å². The molecule has 1 aromatic carbocycles. The molecule has 0 amide bonds. The number of hydrogen-bond acceptors (Lipinski definition) is 4. The summed E-state index contributed by atoms with van der Waals surface area (Å²) in [6, 6.07) is 3.68. The lowest BCUT2D eigenvalue weighted by atomic mass is 10.0. The minimum atomic E-state index is -0.174. The van der Waals surface area contributed by atoms with Crippen molar-refractivity contribution in [3.8, 4) is 5.75 Å². The van der Waals surface area contributed by atoms with Crippen LogP contribution in [0.1, 0.15) is 32.9 Å². The van der Waals surface area contributed by atoms with E-state index in [1.165, 1.54) is 6.20 Å². The van der Waals surface area contributed by atoms with E-state index in [1.54, 1.807) is 19.4 Å². The first kappa shape index (κ1) is 13.2. The quantitative estimate of drug-likeness (QED) is 0.792. The van der Waals surface area contributed by atoms with Crippen molar-refractivity contribution in [3.05, 3.63) is 52.6 Å². The highest BCUT2D eigenvalue weighted by Crippen LogP contribution is 2.27. The standard InChI is InChI=1S/C15H16N2O2/c1-9-5-6-12(15(19-4)11(9)3)14(18)13-8-16-10(2)7-17-13/h5-8H,1-4H3. The number of nitrogens with zero attached hydrogens (tertiary/aromatic N) is 2. The van der Waals surface area contributed by atoms with Gasteiger partial charge in [-0.15, -0.1) is 0 Å². The van der Waals surface area contributed by atoms with Gasteiger partial charge in [-0.1, -0.05) is 6.07 Å². The van der Waals surface area contributed by atoms with Crippen LogP contribution >= 0.6 is 0 Å². The molecule has 19 heavy (non-hydrogen) atoms. The van der Waals surface area contributed by atoms with Gasteiger partial charge < -0.3 is 4.74 Å². The topological polar surface area (TPSA) is 52.1 Å². The predicted octanol–water partition coefficient (Wildman–Crippen LogP) is 2.64. The summed E-state index contributed by atoms with van der Waals surface area (Å²) >= 11 is 0. The summed E-state index contributed by atoms with van der Waals surface area (Å²) < 4.78 is 5.35. The van der Waals surface area contributed by atoms with Crippen molar-refractivity contribution in [1.29, 1.82) is 0 Å². The van der Waals surface area contributed by atoms with Crippen molar-refractivity contribution in [2.45, 2.75) is 20.8 Å². The van der Waals surface area contributed by atoms with Crippen LogP contribution in [0.4, 0.5) is 0 Å². The number of hydrogen-bond donors (Lipinski definition) is 0. The van der Waals surface area contributed by atoms with E-state index in [0.29, 0.717) is 17.0 Å². The third kappa shape index (κ3) is 2.47. The van der Waals surface area contributed by atoms with E-state index in [1.807, 2.05) is 26.8 Å². The first-order chi connectivity index (χ1) is 9.04. The SMILES string of the molecule is COc1c(C(=O)c2cnc(C)cn2)ccc(C)c1C. The summed E-state index contributed by atoms with van der Waals surface area (Å²) in [4.78, 5) is 20.6. The Morgan fingerprint density at radius 2 is 1.84 bits per heavy atom. The summed E-state index contributed by atoms with van der Waals surface area (Å²) in [5, 5.41) is 0. The van der Waals surface area contributed by atoms with Crippen LogP contribution in [-0.2, 0) is 0 Å². The zero-order chi connectivity index (χ0) is 14.0. The van der Waals surface area contributed by atoms with Crippen molar-refractivity contribution in [1.82, 2.24) is 9.97 Å². The lowest BCUT2D eigenvalue weighted by Crippen LogP contribution is -2.08. The summed E-state index contributed by atoms with van der Waals surface area (Å²) in [6.45, 7) is 5.75. The van der Waals surface area contributed by atoms with Crippen LogP contribution in [0, 0.1) is 20.8 Å². The first-order valence-corrected chi connectivity index (χ1v) is 6.02. The Morgan fingerprint density at radius 3 is 2.42 bits per heavy atom. The Labute approximate surface area is 112 Å². The molecule has 0 radical (unpaired) electrons. The largest absolute Gasteiger partial charge is 0.496 e. The fraction of sp³-hybridized carbons (Fsp3) is 0.267. The summed E-state index contributed by atoms with van der Waals surface area (Å²) in [5.41, 5.74) is 3.68. The predicted molar refractivity (Wildman–Crippen MR) is 72.7 cm³/mol. The molecule has 0 aliphatic carbocycles. The molecule has 1 aromatic heterocycles. The second kappa shape index (κ2) is 5.18. The molecule has 0 aliphatic rings. The number of aromatic nitrogens is 2. The number of aryl methyl sites for hydroxylation is 2. The normalized spacial score (nSPS) is 10.3. The Morgan fingerprint density at radius 1 is 1.11 bits per heavy atom. The fourth-order valence-electron chi connectivity index (χ4n) is 1.88. The molecule has 2 aromatic rings. The minimum absolute atomic E-state index is 0.174. The first-order valence-electron chi connectivity index (χ1n) is 6.02. The number of benzene rings is 1. The maximum absolute atomic E-state index is 12.4. The monoisotopic (exact) mass is 256 g/mol. The van der Waals surface area contributed by atoms with Crippen molar-refractivity contribution in [3.63, 3.8) is 0 Å².